The molecular formula is C13H9ClF2N4S. The van der Waals surface area contributed by atoms with Crippen molar-refractivity contribution in [1.82, 2.24) is 19.7 Å². The van der Waals surface area contributed by atoms with Gasteiger partial charge < -0.3 is 0 Å². The molecule has 21 heavy (non-hydrogen) atoms. The lowest BCUT2D eigenvalue weighted by molar-refractivity contribution is 0.506. The molecule has 0 fully saturated rings. The molecule has 0 spiro atoms. The molecular weight excluding hydrogens is 318 g/mol. The van der Waals surface area contributed by atoms with Gasteiger partial charge in [0, 0.05) is 11.9 Å². The van der Waals surface area contributed by atoms with E-state index >= 15 is 0 Å². The van der Waals surface area contributed by atoms with Crippen LogP contribution in [0, 0.1) is 11.6 Å². The van der Waals surface area contributed by atoms with Gasteiger partial charge in [0.25, 0.3) is 0 Å². The molecule has 8 heteroatoms. The Bertz CT molecular complexity index is 821. The molecule has 2 aromatic heterocycles. The zero-order chi connectivity index (χ0) is 15.0. The molecule has 0 aliphatic heterocycles. The minimum absolute atomic E-state index is 0.328. The van der Waals surface area contributed by atoms with Gasteiger partial charge >= 0.3 is 0 Å². The van der Waals surface area contributed by atoms with Crippen molar-refractivity contribution in [1.29, 1.82) is 0 Å². The normalized spacial score (nSPS) is 11.2. The zero-order valence-electron chi connectivity index (χ0n) is 10.8. The molecule has 0 atom stereocenters. The van der Waals surface area contributed by atoms with Crippen LogP contribution in [0.25, 0.3) is 11.0 Å². The number of rotatable bonds is 3. The molecule has 3 rings (SSSR count). The molecule has 0 unspecified atom stereocenters. The minimum Gasteiger partial charge on any atom is -0.250 e. The summed E-state index contributed by atoms with van der Waals surface area (Å²) in [5.41, 5.74) is 0.635. The summed E-state index contributed by atoms with van der Waals surface area (Å²) < 4.78 is 27.6. The van der Waals surface area contributed by atoms with Gasteiger partial charge in [-0.3, -0.25) is 4.68 Å². The number of hydrogen-bond acceptors (Lipinski definition) is 4. The second kappa shape index (κ2) is 5.57. The highest BCUT2D eigenvalue weighted by molar-refractivity contribution is 7.98. The molecule has 0 bridgehead atoms. The van der Waals surface area contributed by atoms with E-state index in [-0.39, 0.29) is 0 Å². The van der Waals surface area contributed by atoms with Crippen LogP contribution in [0.3, 0.4) is 0 Å². The topological polar surface area (TPSA) is 43.6 Å². The number of hydrogen-bond donors (Lipinski definition) is 0. The number of aryl methyl sites for hydroxylation is 1. The van der Waals surface area contributed by atoms with Crippen LogP contribution >= 0.6 is 23.4 Å². The van der Waals surface area contributed by atoms with E-state index in [1.54, 1.807) is 17.9 Å². The monoisotopic (exact) mass is 326 g/mol. The first-order valence-corrected chi connectivity index (χ1v) is 7.33. The first-order valence-electron chi connectivity index (χ1n) is 5.96. The van der Waals surface area contributed by atoms with E-state index in [2.05, 4.69) is 15.1 Å². The molecule has 108 valence electrons. The van der Waals surface area contributed by atoms with Crippen molar-refractivity contribution in [2.24, 2.45) is 7.05 Å². The van der Waals surface area contributed by atoms with Gasteiger partial charge in [0.1, 0.15) is 11.0 Å². The molecule has 0 saturated heterocycles. The highest BCUT2D eigenvalue weighted by Gasteiger charge is 2.10. The van der Waals surface area contributed by atoms with Crippen LogP contribution in [0.5, 0.6) is 0 Å². The number of benzene rings is 1. The van der Waals surface area contributed by atoms with Gasteiger partial charge in [0.05, 0.1) is 17.3 Å². The van der Waals surface area contributed by atoms with Crippen LogP contribution in [0.2, 0.25) is 5.15 Å². The van der Waals surface area contributed by atoms with E-state index in [4.69, 9.17) is 11.6 Å². The molecule has 4 nitrogen and oxygen atoms in total. The van der Waals surface area contributed by atoms with Crippen molar-refractivity contribution >= 4 is 34.4 Å². The average Bonchev–Trinajstić information content (AvgIpc) is 2.83. The Labute approximate surface area is 128 Å². The summed E-state index contributed by atoms with van der Waals surface area (Å²) in [6, 6.07) is 3.74. The Morgan fingerprint density at radius 2 is 2.05 bits per heavy atom. The standard InChI is InChI=1S/C13H9ClF2N4S/c1-20-13-8(5-17-20)12(14)18-11(19-13)6-21-7-2-3-9(15)10(16)4-7/h2-5H,6H2,1H3. The van der Waals surface area contributed by atoms with Crippen molar-refractivity contribution < 1.29 is 8.78 Å². The molecule has 0 aliphatic carbocycles. The number of thioether (sulfide) groups is 1. The SMILES string of the molecule is Cn1ncc2c(Cl)nc(CSc3ccc(F)c(F)c3)nc21. The van der Waals surface area contributed by atoms with E-state index in [0.29, 0.717) is 32.7 Å². The highest BCUT2D eigenvalue weighted by atomic mass is 35.5. The second-order valence-electron chi connectivity index (χ2n) is 4.30. The van der Waals surface area contributed by atoms with Gasteiger partial charge in [-0.05, 0) is 18.2 Å². The fourth-order valence-electron chi connectivity index (χ4n) is 1.81. The lowest BCUT2D eigenvalue weighted by Crippen LogP contribution is -1.98. The number of halogens is 3. The summed E-state index contributed by atoms with van der Waals surface area (Å²) >= 11 is 7.38. The van der Waals surface area contributed by atoms with E-state index < -0.39 is 11.6 Å². The average molecular weight is 327 g/mol. The Morgan fingerprint density at radius 1 is 1.24 bits per heavy atom. The first-order chi connectivity index (χ1) is 10.0. The van der Waals surface area contributed by atoms with Gasteiger partial charge in [-0.1, -0.05) is 11.6 Å². The fraction of sp³-hybridized carbons (Fsp3) is 0.154. The Kier molecular flexibility index (Phi) is 3.77. The molecule has 0 amide bonds. The summed E-state index contributed by atoms with van der Waals surface area (Å²) in [4.78, 5) is 9.14. The van der Waals surface area contributed by atoms with E-state index in [1.165, 1.54) is 17.8 Å². The maximum atomic E-state index is 13.1. The van der Waals surface area contributed by atoms with Gasteiger partial charge in [-0.25, -0.2) is 18.7 Å². The summed E-state index contributed by atoms with van der Waals surface area (Å²) in [6.07, 6.45) is 1.60. The maximum Gasteiger partial charge on any atom is 0.162 e. The number of aromatic nitrogens is 4. The van der Waals surface area contributed by atoms with Gasteiger partial charge in [-0.15, -0.1) is 11.8 Å². The van der Waals surface area contributed by atoms with Crippen LogP contribution in [-0.4, -0.2) is 19.7 Å². The minimum atomic E-state index is -0.874. The van der Waals surface area contributed by atoms with Crippen molar-refractivity contribution in [2.75, 3.05) is 0 Å². The molecule has 0 saturated carbocycles. The largest absolute Gasteiger partial charge is 0.250 e. The van der Waals surface area contributed by atoms with Gasteiger partial charge in [0.2, 0.25) is 0 Å². The quantitative estimate of drug-likeness (QED) is 0.545. The lowest BCUT2D eigenvalue weighted by atomic mass is 10.3. The Morgan fingerprint density at radius 3 is 2.81 bits per heavy atom. The molecule has 0 aliphatic rings. The predicted octanol–water partition coefficient (Wildman–Crippen LogP) is 3.59. The summed E-state index contributed by atoms with van der Waals surface area (Å²) in [5, 5.41) is 5.08. The lowest BCUT2D eigenvalue weighted by Gasteiger charge is -2.03. The van der Waals surface area contributed by atoms with E-state index in [9.17, 15) is 8.78 Å². The van der Waals surface area contributed by atoms with Crippen LogP contribution in [-0.2, 0) is 12.8 Å². The fourth-order valence-corrected chi connectivity index (χ4v) is 2.82. The Hall–Kier alpha value is -1.73. The second-order valence-corrected chi connectivity index (χ2v) is 5.71. The van der Waals surface area contributed by atoms with Crippen LogP contribution in [0.15, 0.2) is 29.3 Å². The number of nitrogens with zero attached hydrogens (tertiary/aromatic N) is 4. The third-order valence-corrected chi connectivity index (χ3v) is 4.13. The van der Waals surface area contributed by atoms with E-state index in [0.717, 1.165) is 12.1 Å². The van der Waals surface area contributed by atoms with Crippen molar-refractivity contribution in [3.8, 4) is 0 Å². The third kappa shape index (κ3) is 2.84. The van der Waals surface area contributed by atoms with Crippen LogP contribution < -0.4 is 0 Å². The maximum absolute atomic E-state index is 13.1. The van der Waals surface area contributed by atoms with Gasteiger partial charge in [0.15, 0.2) is 17.3 Å². The van der Waals surface area contributed by atoms with Gasteiger partial charge in [-0.2, -0.15) is 5.10 Å². The van der Waals surface area contributed by atoms with Crippen molar-refractivity contribution in [3.63, 3.8) is 0 Å². The molecule has 3 aromatic rings. The third-order valence-electron chi connectivity index (χ3n) is 2.85. The van der Waals surface area contributed by atoms with Crippen molar-refractivity contribution in [3.05, 3.63) is 47.0 Å². The molecule has 1 aromatic carbocycles. The predicted molar refractivity (Wildman–Crippen MR) is 77.2 cm³/mol. The summed E-state index contributed by atoms with van der Waals surface area (Å²) in [7, 11) is 1.76. The zero-order valence-corrected chi connectivity index (χ0v) is 12.4. The van der Waals surface area contributed by atoms with Crippen LogP contribution in [0.4, 0.5) is 8.78 Å². The van der Waals surface area contributed by atoms with Crippen LogP contribution in [0.1, 0.15) is 5.82 Å². The summed E-state index contributed by atoms with van der Waals surface area (Å²) in [6.45, 7) is 0. The highest BCUT2D eigenvalue weighted by Crippen LogP contribution is 2.25. The molecule has 2 heterocycles. The van der Waals surface area contributed by atoms with E-state index in [1.807, 2.05) is 0 Å². The summed E-state index contributed by atoms with van der Waals surface area (Å²) in [5.74, 6) is -0.840. The molecule has 0 N–H and O–H groups in total. The number of fused-ring (bicyclic) bond motifs is 1. The first kappa shape index (κ1) is 14.2. The van der Waals surface area contributed by atoms with Crippen molar-refractivity contribution in [2.45, 2.75) is 10.6 Å². The smallest absolute Gasteiger partial charge is 0.162 e. The Balaban J connectivity index is 1.84. The molecule has 0 radical (unpaired) electrons.